The minimum Gasteiger partial charge on any atom is -0.478 e. The average molecular weight is 320 g/mol. The molecule has 0 aliphatic heterocycles. The monoisotopic (exact) mass is 320 g/mol. The van der Waals surface area contributed by atoms with Gasteiger partial charge < -0.3 is 10.2 Å². The van der Waals surface area contributed by atoms with Crippen molar-refractivity contribution in [2.45, 2.75) is 72.8 Å². The van der Waals surface area contributed by atoms with Gasteiger partial charge in [-0.25, -0.2) is 4.79 Å². The Morgan fingerprint density at radius 3 is 2.61 bits per heavy atom. The Hall–Kier alpha value is -1.09. The molecule has 0 aromatic rings. The number of aliphatic hydroxyl groups excluding tert-OH is 1. The Morgan fingerprint density at radius 2 is 2.00 bits per heavy atom. The Bertz CT molecular complexity index is 529. The van der Waals surface area contributed by atoms with E-state index in [4.69, 9.17) is 5.11 Å². The van der Waals surface area contributed by atoms with E-state index >= 15 is 0 Å². The molecule has 0 amide bonds. The van der Waals surface area contributed by atoms with Crippen molar-refractivity contribution < 1.29 is 15.0 Å². The summed E-state index contributed by atoms with van der Waals surface area (Å²) < 4.78 is 0. The van der Waals surface area contributed by atoms with Crippen LogP contribution in [0.3, 0.4) is 0 Å². The summed E-state index contributed by atoms with van der Waals surface area (Å²) in [5.74, 6) is 0.139. The zero-order chi connectivity index (χ0) is 17.4. The van der Waals surface area contributed by atoms with Crippen LogP contribution in [0.2, 0.25) is 0 Å². The highest BCUT2D eigenvalue weighted by Gasteiger charge is 2.53. The summed E-state index contributed by atoms with van der Waals surface area (Å²) in [6.07, 6.45) is 8.09. The number of carbonyl (C=O) groups is 1. The molecule has 4 atom stereocenters. The molecule has 3 nitrogen and oxygen atoms in total. The molecule has 0 radical (unpaired) electrons. The van der Waals surface area contributed by atoms with E-state index in [-0.39, 0.29) is 16.9 Å². The largest absolute Gasteiger partial charge is 0.478 e. The van der Waals surface area contributed by atoms with Gasteiger partial charge in [-0.1, -0.05) is 38.0 Å². The van der Waals surface area contributed by atoms with E-state index < -0.39 is 5.97 Å². The van der Waals surface area contributed by atoms with Crippen molar-refractivity contribution in [2.24, 2.45) is 22.7 Å². The number of fused-ring (bicyclic) bond motifs is 1. The Kier molecular flexibility index (Phi) is 5.10. The van der Waals surface area contributed by atoms with Gasteiger partial charge in [0.25, 0.3) is 0 Å². The topological polar surface area (TPSA) is 57.5 Å². The molecule has 1 saturated carbocycles. The number of hydrogen-bond donors (Lipinski definition) is 2. The van der Waals surface area contributed by atoms with Gasteiger partial charge in [0.05, 0.1) is 6.10 Å². The molecule has 4 unspecified atom stereocenters. The van der Waals surface area contributed by atoms with Gasteiger partial charge in [-0.15, -0.1) is 0 Å². The smallest absolute Gasteiger partial charge is 0.328 e. The van der Waals surface area contributed by atoms with E-state index in [0.717, 1.165) is 37.7 Å². The van der Waals surface area contributed by atoms with Gasteiger partial charge in [-0.2, -0.15) is 0 Å². The maximum absolute atomic E-state index is 10.8. The first-order valence-electron chi connectivity index (χ1n) is 8.81. The van der Waals surface area contributed by atoms with Crippen molar-refractivity contribution in [3.05, 3.63) is 23.3 Å². The second kappa shape index (κ2) is 6.43. The molecule has 1 fully saturated rings. The third-order valence-corrected chi connectivity index (χ3v) is 6.39. The van der Waals surface area contributed by atoms with E-state index in [9.17, 15) is 9.90 Å². The molecule has 3 heteroatoms. The molecule has 23 heavy (non-hydrogen) atoms. The highest BCUT2D eigenvalue weighted by molar-refractivity contribution is 5.80. The van der Waals surface area contributed by atoms with Crippen LogP contribution in [0.1, 0.15) is 66.7 Å². The van der Waals surface area contributed by atoms with Crippen LogP contribution in [0.4, 0.5) is 0 Å². The first-order chi connectivity index (χ1) is 10.6. The fraction of sp³-hybridized carbons (Fsp3) is 0.750. The van der Waals surface area contributed by atoms with Crippen molar-refractivity contribution in [1.29, 1.82) is 0 Å². The Morgan fingerprint density at radius 1 is 1.35 bits per heavy atom. The van der Waals surface area contributed by atoms with Crippen LogP contribution < -0.4 is 0 Å². The zero-order valence-electron chi connectivity index (χ0n) is 15.2. The lowest BCUT2D eigenvalue weighted by Gasteiger charge is -2.58. The number of allylic oxidation sites excluding steroid dienone is 3. The number of rotatable bonds is 4. The van der Waals surface area contributed by atoms with Gasteiger partial charge >= 0.3 is 5.97 Å². The van der Waals surface area contributed by atoms with Crippen LogP contribution in [-0.2, 0) is 4.79 Å². The second-order valence-electron chi connectivity index (χ2n) is 8.71. The first kappa shape index (κ1) is 18.3. The van der Waals surface area contributed by atoms with Gasteiger partial charge in [0, 0.05) is 6.08 Å². The predicted octanol–water partition coefficient (Wildman–Crippen LogP) is 4.57. The SMILES string of the molecule is CC(=CC(=O)O)CCC1C(C)=CCC2C(C)(C)CC(O)CC12C. The van der Waals surface area contributed by atoms with Crippen molar-refractivity contribution in [1.82, 2.24) is 0 Å². The lowest BCUT2D eigenvalue weighted by molar-refractivity contribution is -0.131. The summed E-state index contributed by atoms with van der Waals surface area (Å²) in [6.45, 7) is 11.0. The van der Waals surface area contributed by atoms with Gasteiger partial charge in [-0.3, -0.25) is 0 Å². The minimum atomic E-state index is -0.864. The number of aliphatic hydroxyl groups is 1. The van der Waals surface area contributed by atoms with Crippen LogP contribution in [0.25, 0.3) is 0 Å². The predicted molar refractivity (Wildman–Crippen MR) is 93.1 cm³/mol. The van der Waals surface area contributed by atoms with Gasteiger partial charge in [0.15, 0.2) is 0 Å². The third-order valence-electron chi connectivity index (χ3n) is 6.39. The van der Waals surface area contributed by atoms with Crippen LogP contribution >= 0.6 is 0 Å². The lowest BCUT2D eigenvalue weighted by atomic mass is 9.47. The maximum atomic E-state index is 10.8. The molecule has 2 rings (SSSR count). The summed E-state index contributed by atoms with van der Waals surface area (Å²) in [5.41, 5.74) is 2.58. The molecule has 2 aliphatic rings. The van der Waals surface area contributed by atoms with E-state index in [1.165, 1.54) is 11.6 Å². The molecule has 2 N–H and O–H groups in total. The normalized spacial score (nSPS) is 37.0. The molecule has 130 valence electrons. The number of aliphatic carboxylic acids is 1. The average Bonchev–Trinajstić information content (AvgIpc) is 2.34. The molecule has 0 aromatic heterocycles. The molecule has 0 saturated heterocycles. The molecule has 0 bridgehead atoms. The van der Waals surface area contributed by atoms with Crippen molar-refractivity contribution in [3.8, 4) is 0 Å². The van der Waals surface area contributed by atoms with E-state index in [1.807, 2.05) is 6.92 Å². The lowest BCUT2D eigenvalue weighted by Crippen LogP contribution is -2.52. The van der Waals surface area contributed by atoms with E-state index in [1.54, 1.807) is 0 Å². The first-order valence-corrected chi connectivity index (χ1v) is 8.81. The fourth-order valence-corrected chi connectivity index (χ4v) is 5.52. The Balaban J connectivity index is 2.25. The zero-order valence-corrected chi connectivity index (χ0v) is 15.2. The summed E-state index contributed by atoms with van der Waals surface area (Å²) in [6, 6.07) is 0. The number of hydrogen-bond acceptors (Lipinski definition) is 2. The number of carboxylic acid groups (broad SMARTS) is 1. The fourth-order valence-electron chi connectivity index (χ4n) is 5.52. The standard InChI is InChI=1S/C20H32O3/c1-13(10-18(22)23)6-8-16-14(2)7-9-17-19(3,4)11-15(21)12-20(16,17)5/h7,10,15-17,21H,6,8-9,11-12H2,1-5H3,(H,22,23). The molecule has 0 heterocycles. The van der Waals surface area contributed by atoms with E-state index in [2.05, 4.69) is 33.8 Å². The summed E-state index contributed by atoms with van der Waals surface area (Å²) >= 11 is 0. The van der Waals surface area contributed by atoms with Crippen LogP contribution in [0.15, 0.2) is 23.3 Å². The summed E-state index contributed by atoms with van der Waals surface area (Å²) in [4.78, 5) is 10.8. The van der Waals surface area contributed by atoms with E-state index in [0.29, 0.717) is 11.8 Å². The maximum Gasteiger partial charge on any atom is 0.328 e. The molecular formula is C20H32O3. The summed E-state index contributed by atoms with van der Waals surface area (Å²) in [7, 11) is 0. The number of carboxylic acids is 1. The van der Waals surface area contributed by atoms with Crippen LogP contribution in [-0.4, -0.2) is 22.3 Å². The third kappa shape index (κ3) is 3.71. The minimum absolute atomic E-state index is 0.101. The molecule has 2 aliphatic carbocycles. The van der Waals surface area contributed by atoms with Gasteiger partial charge in [0.1, 0.15) is 0 Å². The highest BCUT2D eigenvalue weighted by atomic mass is 16.4. The van der Waals surface area contributed by atoms with Crippen molar-refractivity contribution in [2.75, 3.05) is 0 Å². The summed E-state index contributed by atoms with van der Waals surface area (Å²) in [5, 5.41) is 19.3. The second-order valence-corrected chi connectivity index (χ2v) is 8.71. The van der Waals surface area contributed by atoms with Crippen molar-refractivity contribution in [3.63, 3.8) is 0 Å². The quantitative estimate of drug-likeness (QED) is 0.589. The molecule has 0 aromatic carbocycles. The molecular weight excluding hydrogens is 288 g/mol. The van der Waals surface area contributed by atoms with Crippen LogP contribution in [0, 0.1) is 22.7 Å². The Labute approximate surface area is 140 Å². The van der Waals surface area contributed by atoms with Crippen molar-refractivity contribution >= 4 is 5.97 Å². The van der Waals surface area contributed by atoms with Gasteiger partial charge in [0.2, 0.25) is 0 Å². The van der Waals surface area contributed by atoms with Crippen LogP contribution in [0.5, 0.6) is 0 Å². The highest BCUT2D eigenvalue weighted by Crippen LogP contribution is 2.60. The molecule has 0 spiro atoms. The van der Waals surface area contributed by atoms with Gasteiger partial charge in [-0.05, 0) is 68.6 Å².